The lowest BCUT2D eigenvalue weighted by atomic mass is 9.70. The molecule has 2 bridgehead atoms. The Morgan fingerprint density at radius 1 is 1.02 bits per heavy atom. The second-order valence-electron chi connectivity index (χ2n) is 12.2. The number of cyclic esters (lactones) is 1. The van der Waals surface area contributed by atoms with Crippen molar-refractivity contribution in [2.75, 3.05) is 0 Å². The zero-order valence-corrected chi connectivity index (χ0v) is 25.3. The molecule has 0 saturated heterocycles. The summed E-state index contributed by atoms with van der Waals surface area (Å²) in [5, 5.41) is 33.2. The highest BCUT2D eigenvalue weighted by molar-refractivity contribution is 5.89. The van der Waals surface area contributed by atoms with Gasteiger partial charge >= 0.3 is 11.9 Å². The molecule has 232 valence electrons. The van der Waals surface area contributed by atoms with E-state index in [1.54, 1.807) is 25.1 Å². The number of fused-ring (bicyclic) bond motifs is 1. The molecule has 8 heteroatoms. The molecule has 44 heavy (non-hydrogen) atoms. The number of hydrogen-bond donors (Lipinski definition) is 3. The third-order valence-corrected chi connectivity index (χ3v) is 9.30. The number of rotatable bonds is 6. The first-order chi connectivity index (χ1) is 21.1. The Hall–Kier alpha value is -3.93. The van der Waals surface area contributed by atoms with Crippen molar-refractivity contribution in [1.29, 1.82) is 0 Å². The molecule has 2 aliphatic heterocycles. The largest absolute Gasteiger partial charge is 0.508 e. The van der Waals surface area contributed by atoms with Crippen molar-refractivity contribution >= 4 is 17.7 Å². The molecule has 1 saturated carbocycles. The molecule has 2 aromatic rings. The smallest absolute Gasteiger partial charge is 0.334 e. The monoisotopic (exact) mass is 600 g/mol. The van der Waals surface area contributed by atoms with Gasteiger partial charge in [0.1, 0.15) is 29.0 Å². The summed E-state index contributed by atoms with van der Waals surface area (Å²) >= 11 is 0. The molecular formula is C36H40O8. The van der Waals surface area contributed by atoms with Crippen LogP contribution in [0.2, 0.25) is 0 Å². The van der Waals surface area contributed by atoms with Crippen LogP contribution in [-0.2, 0) is 32.1 Å². The summed E-state index contributed by atoms with van der Waals surface area (Å²) < 4.78 is 11.7. The summed E-state index contributed by atoms with van der Waals surface area (Å²) in [6.45, 7) is 3.56. The highest BCUT2D eigenvalue weighted by Crippen LogP contribution is 2.43. The van der Waals surface area contributed by atoms with Crippen LogP contribution in [0.4, 0.5) is 0 Å². The minimum Gasteiger partial charge on any atom is -0.508 e. The zero-order valence-electron chi connectivity index (χ0n) is 25.3. The first-order valence-corrected chi connectivity index (χ1v) is 15.5. The Kier molecular flexibility index (Phi) is 9.57. The van der Waals surface area contributed by atoms with Crippen LogP contribution in [0, 0.1) is 17.8 Å². The van der Waals surface area contributed by atoms with Gasteiger partial charge in [-0.15, -0.1) is 0 Å². The third-order valence-electron chi connectivity index (χ3n) is 9.30. The Morgan fingerprint density at radius 3 is 2.48 bits per heavy atom. The van der Waals surface area contributed by atoms with Crippen LogP contribution in [0.3, 0.4) is 0 Å². The van der Waals surface area contributed by atoms with Gasteiger partial charge in [-0.1, -0.05) is 55.5 Å². The average Bonchev–Trinajstić information content (AvgIpc) is 3.02. The fourth-order valence-electron chi connectivity index (χ4n) is 6.82. The number of aromatic hydroxyl groups is 1. The van der Waals surface area contributed by atoms with E-state index in [0.717, 1.165) is 5.56 Å². The number of carbonyl (C=O) groups is 3. The maximum absolute atomic E-state index is 13.9. The molecule has 0 spiro atoms. The number of ether oxygens (including phenoxy) is 2. The molecule has 2 heterocycles. The second-order valence-corrected chi connectivity index (χ2v) is 12.2. The van der Waals surface area contributed by atoms with Crippen molar-refractivity contribution in [1.82, 2.24) is 0 Å². The number of aliphatic hydroxyl groups is 2. The van der Waals surface area contributed by atoms with Gasteiger partial charge in [0.15, 0.2) is 0 Å². The van der Waals surface area contributed by atoms with Gasteiger partial charge in [0.25, 0.3) is 0 Å². The van der Waals surface area contributed by atoms with Gasteiger partial charge in [-0.3, -0.25) is 9.59 Å². The Morgan fingerprint density at radius 2 is 1.77 bits per heavy atom. The molecule has 2 aromatic carbocycles. The first kappa shape index (κ1) is 31.5. The van der Waals surface area contributed by atoms with Gasteiger partial charge in [0.05, 0.1) is 18.9 Å². The van der Waals surface area contributed by atoms with Crippen molar-refractivity contribution in [2.24, 2.45) is 5.92 Å². The quantitative estimate of drug-likeness (QED) is 0.179. The summed E-state index contributed by atoms with van der Waals surface area (Å²) in [4.78, 5) is 38.6. The van der Waals surface area contributed by atoms with Crippen LogP contribution in [0.1, 0.15) is 99.3 Å². The van der Waals surface area contributed by atoms with Gasteiger partial charge in [-0.05, 0) is 61.3 Å². The topological polar surface area (TPSA) is 130 Å². The maximum Gasteiger partial charge on any atom is 0.334 e. The number of hydrogen-bond acceptors (Lipinski definition) is 8. The fourth-order valence-corrected chi connectivity index (χ4v) is 6.82. The van der Waals surface area contributed by atoms with E-state index in [1.807, 2.05) is 25.1 Å². The molecular weight excluding hydrogens is 560 g/mol. The summed E-state index contributed by atoms with van der Waals surface area (Å²) in [7, 11) is 0. The van der Waals surface area contributed by atoms with E-state index >= 15 is 0 Å². The number of esters is 2. The molecule has 4 unspecified atom stereocenters. The van der Waals surface area contributed by atoms with Crippen molar-refractivity contribution in [3.63, 3.8) is 0 Å². The van der Waals surface area contributed by atoms with Crippen LogP contribution in [0.25, 0.3) is 0 Å². The molecule has 0 radical (unpaired) electrons. The molecule has 0 amide bonds. The zero-order chi connectivity index (χ0) is 31.4. The Balaban J connectivity index is 1.65. The van der Waals surface area contributed by atoms with E-state index in [-0.39, 0.29) is 49.1 Å². The lowest BCUT2D eigenvalue weighted by molar-refractivity contribution is -0.174. The second kappa shape index (κ2) is 13.4. The minimum absolute atomic E-state index is 0.0266. The van der Waals surface area contributed by atoms with Gasteiger partial charge in [0.2, 0.25) is 0 Å². The van der Waals surface area contributed by atoms with Crippen LogP contribution in [0.5, 0.6) is 11.5 Å². The van der Waals surface area contributed by atoms with Crippen LogP contribution < -0.4 is 4.74 Å². The highest BCUT2D eigenvalue weighted by Gasteiger charge is 2.47. The van der Waals surface area contributed by atoms with Crippen LogP contribution in [0.15, 0.2) is 48.0 Å². The number of Topliss-reactive ketones (excluding diaryl/α,β-unsaturated/α-hetero) is 1. The molecule has 1 aliphatic carbocycles. The van der Waals surface area contributed by atoms with E-state index in [1.165, 1.54) is 6.07 Å². The average molecular weight is 601 g/mol. The lowest BCUT2D eigenvalue weighted by Crippen LogP contribution is -2.53. The number of ketones is 1. The number of aliphatic hydroxyl groups excluding tert-OH is 1. The molecule has 5 rings (SSSR count). The van der Waals surface area contributed by atoms with Crippen molar-refractivity contribution in [3.8, 4) is 23.3 Å². The summed E-state index contributed by atoms with van der Waals surface area (Å²) in [6.07, 6.45) is 3.61. The molecule has 3 aliphatic rings. The SMILES string of the molecule is CC=C1CC(c2cccc(CO)c2)C#CC2CC(=O)Oc3cc(O)c(cc32)CC(C(O)(CCC)C2CCC(=O)CC2)OC1=O. The number of phenolic OH excluding ortho intramolecular Hbond substituents is 1. The number of carbonyl (C=O) groups excluding carboxylic acids is 3. The van der Waals surface area contributed by atoms with E-state index < -0.39 is 35.5 Å². The number of allylic oxidation sites excluding steroid dienone is 1. The van der Waals surface area contributed by atoms with Gasteiger partial charge in [-0.2, -0.15) is 0 Å². The normalized spacial score (nSPS) is 25.0. The minimum atomic E-state index is -1.44. The van der Waals surface area contributed by atoms with Gasteiger partial charge in [-0.25, -0.2) is 4.79 Å². The molecule has 0 aromatic heterocycles. The van der Waals surface area contributed by atoms with E-state index in [9.17, 15) is 29.7 Å². The number of phenols is 1. The van der Waals surface area contributed by atoms with E-state index in [2.05, 4.69) is 11.8 Å². The Labute approximate surface area is 258 Å². The summed E-state index contributed by atoms with van der Waals surface area (Å²) in [6, 6.07) is 10.5. The molecule has 8 nitrogen and oxygen atoms in total. The van der Waals surface area contributed by atoms with E-state index in [0.29, 0.717) is 60.8 Å². The number of benzene rings is 2. The lowest BCUT2D eigenvalue weighted by Gasteiger charge is -2.43. The summed E-state index contributed by atoms with van der Waals surface area (Å²) in [5.41, 5.74) is 1.54. The first-order valence-electron chi connectivity index (χ1n) is 15.5. The van der Waals surface area contributed by atoms with E-state index in [4.69, 9.17) is 9.47 Å². The predicted molar refractivity (Wildman–Crippen MR) is 163 cm³/mol. The van der Waals surface area contributed by atoms with Crippen LogP contribution >= 0.6 is 0 Å². The van der Waals surface area contributed by atoms with Crippen molar-refractivity contribution in [2.45, 2.75) is 102 Å². The fraction of sp³-hybridized carbons (Fsp3) is 0.472. The van der Waals surface area contributed by atoms with Crippen molar-refractivity contribution < 1.29 is 39.2 Å². The van der Waals surface area contributed by atoms with Gasteiger partial charge in [0, 0.05) is 42.4 Å². The Bertz CT molecular complexity index is 1520. The maximum atomic E-state index is 13.9. The standard InChI is InChI=1S/C36H40O8/c1-3-14-36(42,28-10-12-29(38)13-11-28)33-18-27-17-30-26(19-34(40)43-32(30)20-31(27)39)9-8-25(16-23(4-2)35(41)44-33)24-7-5-6-22(15-24)21-37/h4-7,15,17,20,25-26,28,33,37,39,42H,3,10-14,16,18-19,21H2,1-2H3. The highest BCUT2D eigenvalue weighted by atomic mass is 16.6. The van der Waals surface area contributed by atoms with Crippen molar-refractivity contribution in [3.05, 3.63) is 70.3 Å². The molecule has 3 N–H and O–H groups in total. The predicted octanol–water partition coefficient (Wildman–Crippen LogP) is 5.16. The van der Waals surface area contributed by atoms with Crippen LogP contribution in [-0.4, -0.2) is 44.7 Å². The third kappa shape index (κ3) is 6.59. The summed E-state index contributed by atoms with van der Waals surface area (Å²) in [5.74, 6) is 4.53. The van der Waals surface area contributed by atoms with Gasteiger partial charge < -0.3 is 24.8 Å². The molecule has 4 atom stereocenters. The molecule has 1 fully saturated rings.